The first-order valence-electron chi connectivity index (χ1n) is 6.29. The Kier molecular flexibility index (Phi) is 3.21. The van der Waals surface area contributed by atoms with Gasteiger partial charge in [-0.1, -0.05) is 11.3 Å². The van der Waals surface area contributed by atoms with Crippen molar-refractivity contribution in [3.05, 3.63) is 27.9 Å². The molecule has 9 heteroatoms. The molecule has 0 amide bonds. The summed E-state index contributed by atoms with van der Waals surface area (Å²) < 4.78 is 28.5. The summed E-state index contributed by atoms with van der Waals surface area (Å²) in [7, 11) is -2.18. The summed E-state index contributed by atoms with van der Waals surface area (Å²) >= 11 is 3.14. The van der Waals surface area contributed by atoms with Gasteiger partial charge in [0.25, 0.3) is 10.0 Å². The Balaban J connectivity index is 2.15. The van der Waals surface area contributed by atoms with Crippen LogP contribution in [0.5, 0.6) is 0 Å². The molecule has 0 saturated heterocycles. The van der Waals surface area contributed by atoms with Crippen LogP contribution in [0.4, 0.5) is 11.4 Å². The number of hydrogen-bond acceptors (Lipinski definition) is 5. The third-order valence-corrected chi connectivity index (χ3v) is 6.29. The number of fused-ring (bicyclic) bond motifs is 1. The zero-order chi connectivity index (χ0) is 15.4. The molecule has 0 atom stereocenters. The van der Waals surface area contributed by atoms with E-state index >= 15 is 0 Å². The average molecular weight is 372 g/mol. The number of nitrogen functional groups attached to an aromatic ring is 1. The molecule has 3 rings (SSSR count). The maximum absolute atomic E-state index is 12.9. The summed E-state index contributed by atoms with van der Waals surface area (Å²) in [5.41, 5.74) is 9.07. The number of anilines is 2. The van der Waals surface area contributed by atoms with E-state index in [1.165, 1.54) is 8.99 Å². The summed E-state index contributed by atoms with van der Waals surface area (Å²) in [6.07, 6.45) is 0.665. The molecule has 2 N–H and O–H groups in total. The fourth-order valence-corrected chi connectivity index (χ4v) is 5.03. The van der Waals surface area contributed by atoms with Gasteiger partial charge < -0.3 is 5.73 Å². The minimum absolute atomic E-state index is 0.0366. The highest BCUT2D eigenvalue weighted by Gasteiger charge is 2.35. The quantitative estimate of drug-likeness (QED) is 0.800. The van der Waals surface area contributed by atoms with Crippen LogP contribution in [0.1, 0.15) is 11.1 Å². The van der Waals surface area contributed by atoms with Gasteiger partial charge in [-0.25, -0.2) is 4.68 Å². The van der Waals surface area contributed by atoms with E-state index < -0.39 is 10.0 Å². The molecule has 1 aliphatic heterocycles. The Morgan fingerprint density at radius 3 is 2.71 bits per heavy atom. The first-order chi connectivity index (χ1) is 9.82. The number of hydrogen-bond donors (Lipinski definition) is 1. The van der Waals surface area contributed by atoms with Crippen molar-refractivity contribution in [2.45, 2.75) is 18.4 Å². The average Bonchev–Trinajstić information content (AvgIpc) is 2.94. The first-order valence-corrected chi connectivity index (χ1v) is 8.52. The zero-order valence-corrected chi connectivity index (χ0v) is 13.9. The lowest BCUT2D eigenvalue weighted by atomic mass is 10.1. The summed E-state index contributed by atoms with van der Waals surface area (Å²) in [5.74, 6) is 0. The van der Waals surface area contributed by atoms with E-state index in [4.69, 9.17) is 5.73 Å². The number of sulfonamides is 1. The molecular formula is C12H14BrN5O2S. The molecule has 21 heavy (non-hydrogen) atoms. The minimum atomic E-state index is -3.73. The van der Waals surface area contributed by atoms with Crippen molar-refractivity contribution in [3.8, 4) is 0 Å². The predicted octanol–water partition coefficient (Wildman–Crippen LogP) is 1.22. The number of aromatic nitrogens is 3. The van der Waals surface area contributed by atoms with E-state index in [1.54, 1.807) is 13.1 Å². The molecule has 0 aliphatic carbocycles. The second-order valence-corrected chi connectivity index (χ2v) is 7.50. The van der Waals surface area contributed by atoms with Gasteiger partial charge in [-0.15, -0.1) is 5.10 Å². The number of halogens is 1. The van der Waals surface area contributed by atoms with Crippen molar-refractivity contribution in [1.29, 1.82) is 0 Å². The van der Waals surface area contributed by atoms with Gasteiger partial charge in [0.2, 0.25) is 5.03 Å². The lowest BCUT2D eigenvalue weighted by Crippen LogP contribution is -2.31. The fraction of sp³-hybridized carbons (Fsp3) is 0.333. The number of nitrogens with two attached hydrogens (primary N) is 1. The van der Waals surface area contributed by atoms with Crippen molar-refractivity contribution in [2.24, 2.45) is 7.05 Å². The van der Waals surface area contributed by atoms with Crippen LogP contribution in [-0.2, 0) is 23.5 Å². The van der Waals surface area contributed by atoms with Gasteiger partial charge in [-0.2, -0.15) is 8.42 Å². The number of rotatable bonds is 2. The first kappa shape index (κ1) is 14.3. The van der Waals surface area contributed by atoms with E-state index in [2.05, 4.69) is 26.2 Å². The van der Waals surface area contributed by atoms with Gasteiger partial charge in [-0.3, -0.25) is 4.31 Å². The van der Waals surface area contributed by atoms with Gasteiger partial charge in [0.15, 0.2) is 4.60 Å². The third kappa shape index (κ3) is 2.11. The lowest BCUT2D eigenvalue weighted by molar-refractivity contribution is 0.570. The highest BCUT2D eigenvalue weighted by Crippen LogP contribution is 2.36. The van der Waals surface area contributed by atoms with Gasteiger partial charge in [0.1, 0.15) is 0 Å². The molecule has 1 aromatic carbocycles. The predicted molar refractivity (Wildman–Crippen MR) is 82.5 cm³/mol. The molecule has 0 fully saturated rings. The van der Waals surface area contributed by atoms with Crippen molar-refractivity contribution in [3.63, 3.8) is 0 Å². The Bertz CT molecular complexity index is 811. The highest BCUT2D eigenvalue weighted by atomic mass is 79.9. The van der Waals surface area contributed by atoms with Crippen LogP contribution in [0.25, 0.3) is 0 Å². The second kappa shape index (κ2) is 4.70. The summed E-state index contributed by atoms with van der Waals surface area (Å²) in [5, 5.41) is 7.51. The summed E-state index contributed by atoms with van der Waals surface area (Å²) in [6, 6.07) is 3.66. The van der Waals surface area contributed by atoms with Crippen LogP contribution in [0.3, 0.4) is 0 Å². The van der Waals surface area contributed by atoms with Crippen molar-refractivity contribution >= 4 is 37.3 Å². The standard InChI is InChI=1S/C12H14BrN5O2S/c1-7-5-8-3-4-18(10(8)6-9(7)14)21(19,20)12-11(13)15-16-17(12)2/h5-6H,3-4,14H2,1-2H3. The molecule has 0 spiro atoms. The Morgan fingerprint density at radius 1 is 1.38 bits per heavy atom. The Morgan fingerprint density at radius 2 is 2.10 bits per heavy atom. The van der Waals surface area contributed by atoms with E-state index in [9.17, 15) is 8.42 Å². The van der Waals surface area contributed by atoms with Crippen molar-refractivity contribution in [1.82, 2.24) is 15.0 Å². The molecule has 2 heterocycles. The topological polar surface area (TPSA) is 94.1 Å². The van der Waals surface area contributed by atoms with E-state index in [1.807, 2.05) is 13.0 Å². The van der Waals surface area contributed by atoms with E-state index in [0.29, 0.717) is 24.3 Å². The molecule has 112 valence electrons. The fourth-order valence-electron chi connectivity index (χ4n) is 2.50. The van der Waals surface area contributed by atoms with Crippen LogP contribution >= 0.6 is 15.9 Å². The molecule has 1 aromatic heterocycles. The molecule has 0 radical (unpaired) electrons. The number of nitrogens with zero attached hydrogens (tertiary/aromatic N) is 4. The molecule has 0 saturated carbocycles. The Hall–Kier alpha value is -1.61. The van der Waals surface area contributed by atoms with Gasteiger partial charge in [0, 0.05) is 19.3 Å². The van der Waals surface area contributed by atoms with Crippen LogP contribution in [0, 0.1) is 6.92 Å². The third-order valence-electron chi connectivity index (χ3n) is 3.59. The maximum Gasteiger partial charge on any atom is 0.284 e. The SMILES string of the molecule is Cc1cc2c(cc1N)N(S(=O)(=O)c1c(Br)nnn1C)CC2. The van der Waals surface area contributed by atoms with Crippen LogP contribution in [0.2, 0.25) is 0 Å². The monoisotopic (exact) mass is 371 g/mol. The maximum atomic E-state index is 12.9. The molecule has 1 aliphatic rings. The molecule has 0 unspecified atom stereocenters. The molecule has 7 nitrogen and oxygen atoms in total. The van der Waals surface area contributed by atoms with Gasteiger partial charge in [0.05, 0.1) is 5.69 Å². The smallest absolute Gasteiger partial charge is 0.284 e. The molecule has 2 aromatic rings. The van der Waals surface area contributed by atoms with Crippen molar-refractivity contribution in [2.75, 3.05) is 16.6 Å². The largest absolute Gasteiger partial charge is 0.398 e. The number of aryl methyl sites for hydroxylation is 2. The van der Waals surface area contributed by atoms with Gasteiger partial charge in [-0.05, 0) is 46.5 Å². The van der Waals surface area contributed by atoms with Gasteiger partial charge >= 0.3 is 0 Å². The van der Waals surface area contributed by atoms with Crippen molar-refractivity contribution < 1.29 is 8.42 Å². The minimum Gasteiger partial charge on any atom is -0.398 e. The summed E-state index contributed by atoms with van der Waals surface area (Å²) in [4.78, 5) is 0. The number of benzene rings is 1. The Labute approximate surface area is 130 Å². The molecular weight excluding hydrogens is 358 g/mol. The molecule has 0 bridgehead atoms. The van der Waals surface area contributed by atoms with Crippen LogP contribution in [0.15, 0.2) is 21.8 Å². The zero-order valence-electron chi connectivity index (χ0n) is 11.5. The van der Waals surface area contributed by atoms with E-state index in [-0.39, 0.29) is 9.63 Å². The van der Waals surface area contributed by atoms with Crippen LogP contribution in [-0.4, -0.2) is 30.0 Å². The highest BCUT2D eigenvalue weighted by molar-refractivity contribution is 9.10. The normalized spacial score (nSPS) is 14.5. The second-order valence-electron chi connectivity index (χ2n) is 4.97. The van der Waals surface area contributed by atoms with Crippen LogP contribution < -0.4 is 10.0 Å². The lowest BCUT2D eigenvalue weighted by Gasteiger charge is -2.20. The van der Waals surface area contributed by atoms with E-state index in [0.717, 1.165) is 11.1 Å². The summed E-state index contributed by atoms with van der Waals surface area (Å²) in [6.45, 7) is 2.30.